The molecule has 1 aromatic rings. The predicted octanol–water partition coefficient (Wildman–Crippen LogP) is 2.46. The van der Waals surface area contributed by atoms with Gasteiger partial charge < -0.3 is 5.32 Å². The number of rotatable bonds is 4. The molecule has 1 saturated heterocycles. The standard InChI is InChI=1S/C13H16INO3S2/c1-9-6-10(14)2-3-12(9)15-13(16)7-19-11-4-5-20(17,18)8-11/h2-3,6,11H,4-5,7-8H2,1H3,(H,15,16). The van der Waals surface area contributed by atoms with Crippen LogP contribution >= 0.6 is 34.4 Å². The van der Waals surface area contributed by atoms with E-state index in [0.29, 0.717) is 12.2 Å². The third-order valence-corrected chi connectivity index (χ3v) is 7.06. The molecule has 1 aliphatic heterocycles. The molecule has 0 aliphatic carbocycles. The Morgan fingerprint density at radius 3 is 2.85 bits per heavy atom. The van der Waals surface area contributed by atoms with E-state index in [1.165, 1.54) is 11.8 Å². The van der Waals surface area contributed by atoms with Gasteiger partial charge in [-0.1, -0.05) is 0 Å². The Bertz CT molecular complexity index is 616. The lowest BCUT2D eigenvalue weighted by Gasteiger charge is -2.10. The molecule has 4 nitrogen and oxygen atoms in total. The van der Waals surface area contributed by atoms with Crippen molar-refractivity contribution in [2.45, 2.75) is 18.6 Å². The number of sulfone groups is 1. The van der Waals surface area contributed by atoms with Gasteiger partial charge in [0.25, 0.3) is 0 Å². The summed E-state index contributed by atoms with van der Waals surface area (Å²) in [7, 11) is -2.87. The van der Waals surface area contributed by atoms with E-state index in [-0.39, 0.29) is 22.7 Å². The van der Waals surface area contributed by atoms with E-state index in [1.54, 1.807) is 0 Å². The monoisotopic (exact) mass is 425 g/mol. The van der Waals surface area contributed by atoms with Crippen LogP contribution in [0.15, 0.2) is 18.2 Å². The normalized spacial score (nSPS) is 20.8. The van der Waals surface area contributed by atoms with Gasteiger partial charge in [-0.25, -0.2) is 8.42 Å². The van der Waals surface area contributed by atoms with Gasteiger partial charge in [-0.2, -0.15) is 0 Å². The van der Waals surface area contributed by atoms with Crippen LogP contribution < -0.4 is 5.32 Å². The van der Waals surface area contributed by atoms with Crippen molar-refractivity contribution in [2.24, 2.45) is 0 Å². The molecule has 7 heteroatoms. The smallest absolute Gasteiger partial charge is 0.234 e. The van der Waals surface area contributed by atoms with Crippen molar-refractivity contribution in [1.82, 2.24) is 0 Å². The number of hydrogen-bond acceptors (Lipinski definition) is 4. The third-order valence-electron chi connectivity index (χ3n) is 3.10. The molecule has 1 unspecified atom stereocenters. The number of thioether (sulfide) groups is 1. The van der Waals surface area contributed by atoms with Crippen LogP contribution in [0.3, 0.4) is 0 Å². The van der Waals surface area contributed by atoms with E-state index in [9.17, 15) is 13.2 Å². The Kier molecular flexibility index (Phi) is 5.36. The molecule has 1 heterocycles. The molecule has 1 aromatic carbocycles. The highest BCUT2D eigenvalue weighted by Gasteiger charge is 2.28. The molecule has 0 aromatic heterocycles. The lowest BCUT2D eigenvalue weighted by Crippen LogP contribution is -2.17. The highest BCUT2D eigenvalue weighted by atomic mass is 127. The van der Waals surface area contributed by atoms with Crippen LogP contribution in [0.1, 0.15) is 12.0 Å². The Morgan fingerprint density at radius 1 is 1.50 bits per heavy atom. The number of aryl methyl sites for hydroxylation is 1. The van der Waals surface area contributed by atoms with E-state index in [0.717, 1.165) is 14.8 Å². The molecule has 2 rings (SSSR count). The molecule has 1 amide bonds. The summed E-state index contributed by atoms with van der Waals surface area (Å²) in [5, 5.41) is 2.93. The summed E-state index contributed by atoms with van der Waals surface area (Å²) < 4.78 is 23.8. The number of hydrogen-bond donors (Lipinski definition) is 1. The second kappa shape index (κ2) is 6.65. The van der Waals surface area contributed by atoms with Crippen LogP contribution in [0.2, 0.25) is 0 Å². The fraction of sp³-hybridized carbons (Fsp3) is 0.462. The summed E-state index contributed by atoms with van der Waals surface area (Å²) in [5.41, 5.74) is 1.84. The third kappa shape index (κ3) is 4.63. The molecule has 1 N–H and O–H groups in total. The number of amides is 1. The molecule has 1 fully saturated rings. The Labute approximate surface area is 137 Å². The maximum absolute atomic E-state index is 11.9. The highest BCUT2D eigenvalue weighted by Crippen LogP contribution is 2.24. The van der Waals surface area contributed by atoms with Crippen molar-refractivity contribution in [2.75, 3.05) is 22.6 Å². The van der Waals surface area contributed by atoms with Gasteiger partial charge in [0.15, 0.2) is 9.84 Å². The van der Waals surface area contributed by atoms with E-state index in [1.807, 2.05) is 25.1 Å². The van der Waals surface area contributed by atoms with Gasteiger partial charge in [-0.05, 0) is 59.7 Å². The first-order valence-electron chi connectivity index (χ1n) is 6.24. The van der Waals surface area contributed by atoms with Gasteiger partial charge in [0.05, 0.1) is 17.3 Å². The lowest BCUT2D eigenvalue weighted by atomic mass is 10.2. The Balaban J connectivity index is 1.84. The average Bonchev–Trinajstić information content (AvgIpc) is 2.70. The number of carbonyl (C=O) groups is 1. The Hall–Kier alpha value is -0.280. The van der Waals surface area contributed by atoms with Gasteiger partial charge in [0.1, 0.15) is 0 Å². The molecular weight excluding hydrogens is 409 g/mol. The number of halogens is 1. The number of anilines is 1. The van der Waals surface area contributed by atoms with E-state index < -0.39 is 9.84 Å². The van der Waals surface area contributed by atoms with Gasteiger partial charge in [0, 0.05) is 14.5 Å². The second-order valence-electron chi connectivity index (χ2n) is 4.84. The summed E-state index contributed by atoms with van der Waals surface area (Å²) in [6.07, 6.45) is 0.656. The summed E-state index contributed by atoms with van der Waals surface area (Å²) >= 11 is 3.66. The van der Waals surface area contributed by atoms with Gasteiger partial charge >= 0.3 is 0 Å². The highest BCUT2D eigenvalue weighted by molar-refractivity contribution is 14.1. The second-order valence-corrected chi connectivity index (χ2v) is 9.61. The minimum atomic E-state index is -2.87. The molecule has 1 atom stereocenters. The molecule has 0 saturated carbocycles. The van der Waals surface area contributed by atoms with E-state index in [2.05, 4.69) is 27.9 Å². The first-order chi connectivity index (χ1) is 9.35. The van der Waals surface area contributed by atoms with E-state index in [4.69, 9.17) is 0 Å². The molecule has 0 bridgehead atoms. The zero-order valence-corrected chi connectivity index (χ0v) is 14.8. The van der Waals surface area contributed by atoms with Crippen molar-refractivity contribution in [3.05, 3.63) is 27.3 Å². The first kappa shape index (κ1) is 16.1. The molecular formula is C13H16INO3S2. The van der Waals surface area contributed by atoms with Crippen LogP contribution in [0.5, 0.6) is 0 Å². The van der Waals surface area contributed by atoms with Crippen molar-refractivity contribution in [3.8, 4) is 0 Å². The van der Waals surface area contributed by atoms with Crippen LogP contribution in [0.4, 0.5) is 5.69 Å². The van der Waals surface area contributed by atoms with Gasteiger partial charge in [-0.3, -0.25) is 4.79 Å². The fourth-order valence-corrected chi connectivity index (χ4v) is 6.13. The van der Waals surface area contributed by atoms with Crippen molar-refractivity contribution >= 4 is 55.8 Å². The zero-order chi connectivity index (χ0) is 14.8. The summed E-state index contributed by atoms with van der Waals surface area (Å²) in [5.74, 6) is 0.672. The zero-order valence-electron chi connectivity index (χ0n) is 11.1. The van der Waals surface area contributed by atoms with Crippen LogP contribution in [-0.4, -0.2) is 36.8 Å². The van der Waals surface area contributed by atoms with Crippen molar-refractivity contribution in [3.63, 3.8) is 0 Å². The topological polar surface area (TPSA) is 63.2 Å². The first-order valence-corrected chi connectivity index (χ1v) is 10.2. The van der Waals surface area contributed by atoms with E-state index >= 15 is 0 Å². The van der Waals surface area contributed by atoms with Gasteiger partial charge in [0.2, 0.25) is 5.91 Å². The maximum atomic E-state index is 11.9. The molecule has 0 spiro atoms. The SMILES string of the molecule is Cc1cc(I)ccc1NC(=O)CSC1CCS(=O)(=O)C1. The predicted molar refractivity (Wildman–Crippen MR) is 92.0 cm³/mol. The molecule has 110 valence electrons. The van der Waals surface area contributed by atoms with Crippen LogP contribution in [0, 0.1) is 10.5 Å². The summed E-state index contributed by atoms with van der Waals surface area (Å²) in [6.45, 7) is 1.95. The Morgan fingerprint density at radius 2 is 2.25 bits per heavy atom. The average molecular weight is 425 g/mol. The minimum Gasteiger partial charge on any atom is -0.325 e. The molecule has 0 radical (unpaired) electrons. The number of benzene rings is 1. The maximum Gasteiger partial charge on any atom is 0.234 e. The summed E-state index contributed by atoms with van der Waals surface area (Å²) in [6, 6.07) is 5.84. The lowest BCUT2D eigenvalue weighted by molar-refractivity contribution is -0.113. The van der Waals surface area contributed by atoms with Gasteiger partial charge in [-0.15, -0.1) is 11.8 Å². The summed E-state index contributed by atoms with van der Waals surface area (Å²) in [4.78, 5) is 11.9. The van der Waals surface area contributed by atoms with Crippen LogP contribution in [0.25, 0.3) is 0 Å². The van der Waals surface area contributed by atoms with Crippen molar-refractivity contribution in [1.29, 1.82) is 0 Å². The largest absolute Gasteiger partial charge is 0.325 e. The number of nitrogens with one attached hydrogen (secondary N) is 1. The minimum absolute atomic E-state index is 0.0589. The fourth-order valence-electron chi connectivity index (χ4n) is 2.04. The number of carbonyl (C=O) groups excluding carboxylic acids is 1. The molecule has 20 heavy (non-hydrogen) atoms. The molecule has 1 aliphatic rings. The van der Waals surface area contributed by atoms with Crippen molar-refractivity contribution < 1.29 is 13.2 Å². The van der Waals surface area contributed by atoms with Crippen LogP contribution in [-0.2, 0) is 14.6 Å². The quantitative estimate of drug-likeness (QED) is 0.753.